The molecule has 7 heteroatoms. The number of hydrogen-bond donors (Lipinski definition) is 1. The van der Waals surface area contributed by atoms with Gasteiger partial charge in [-0.25, -0.2) is 13.1 Å². The Kier molecular flexibility index (Phi) is 4.46. The maximum Gasteiger partial charge on any atom is 0.264 e. The van der Waals surface area contributed by atoms with Crippen LogP contribution < -0.4 is 4.72 Å². The monoisotopic (exact) mass is 323 g/mol. The second-order valence-electron chi connectivity index (χ2n) is 5.66. The minimum atomic E-state index is -4.09. The topological polar surface area (TPSA) is 97.4 Å². The predicted octanol–water partition coefficient (Wildman–Crippen LogP) is 0.984. The summed E-state index contributed by atoms with van der Waals surface area (Å²) in [7, 11) is -4.09. The van der Waals surface area contributed by atoms with Crippen molar-refractivity contribution in [2.45, 2.75) is 31.6 Å². The van der Waals surface area contributed by atoms with Gasteiger partial charge in [-0.05, 0) is 25.0 Å². The molecule has 6 nitrogen and oxygen atoms in total. The number of rotatable bonds is 3. The van der Waals surface area contributed by atoms with Gasteiger partial charge in [0.05, 0.1) is 4.90 Å². The van der Waals surface area contributed by atoms with Crippen LogP contribution in [0.1, 0.15) is 25.3 Å². The van der Waals surface area contributed by atoms with Crippen molar-refractivity contribution in [1.82, 2.24) is 4.72 Å². The number of aryl methyl sites for hydroxylation is 1. The standard InChI is InChI=1S/C15H17NO5S/c1-9-3-5-11(6-4-9)22(20,21)16-15(19)14-12(17)7-10(2)8-13(14)18/h3-6,10,14H,7-8H2,1-2H3,(H,16,19). The molecule has 1 aliphatic carbocycles. The summed E-state index contributed by atoms with van der Waals surface area (Å²) < 4.78 is 26.1. The molecule has 118 valence electrons. The fourth-order valence-electron chi connectivity index (χ4n) is 2.43. The first-order chi connectivity index (χ1) is 10.2. The second kappa shape index (κ2) is 6.00. The molecule has 2 rings (SSSR count). The molecule has 22 heavy (non-hydrogen) atoms. The summed E-state index contributed by atoms with van der Waals surface area (Å²) in [4.78, 5) is 35.7. The SMILES string of the molecule is Cc1ccc(S(=O)(=O)NC(=O)C2C(=O)CC(C)CC2=O)cc1. The fourth-order valence-corrected chi connectivity index (χ4v) is 3.43. The molecule has 1 N–H and O–H groups in total. The van der Waals surface area contributed by atoms with Gasteiger partial charge in [0.25, 0.3) is 15.9 Å². The summed E-state index contributed by atoms with van der Waals surface area (Å²) in [6.07, 6.45) is 0.211. The zero-order valence-electron chi connectivity index (χ0n) is 12.3. The van der Waals surface area contributed by atoms with Crippen molar-refractivity contribution >= 4 is 27.5 Å². The number of sulfonamides is 1. The van der Waals surface area contributed by atoms with Crippen molar-refractivity contribution in [3.63, 3.8) is 0 Å². The van der Waals surface area contributed by atoms with Crippen molar-refractivity contribution in [3.8, 4) is 0 Å². The Morgan fingerprint density at radius 2 is 1.59 bits per heavy atom. The molecule has 0 heterocycles. The number of benzene rings is 1. The van der Waals surface area contributed by atoms with Crippen LogP contribution in [0, 0.1) is 18.8 Å². The number of carbonyl (C=O) groups excluding carboxylic acids is 3. The highest BCUT2D eigenvalue weighted by Gasteiger charge is 2.40. The maximum atomic E-state index is 12.1. The molecule has 0 saturated heterocycles. The second-order valence-corrected chi connectivity index (χ2v) is 7.34. The minimum absolute atomic E-state index is 0.0875. The molecule has 1 saturated carbocycles. The number of hydrogen-bond acceptors (Lipinski definition) is 5. The Morgan fingerprint density at radius 1 is 1.09 bits per heavy atom. The van der Waals surface area contributed by atoms with E-state index in [4.69, 9.17) is 0 Å². The molecule has 0 bridgehead atoms. The number of Topliss-reactive ketones (excluding diaryl/α,β-unsaturated/α-hetero) is 2. The molecule has 0 spiro atoms. The lowest BCUT2D eigenvalue weighted by molar-refractivity contribution is -0.143. The van der Waals surface area contributed by atoms with Crippen LogP contribution in [0.2, 0.25) is 0 Å². The third-order valence-corrected chi connectivity index (χ3v) is 4.93. The smallest absolute Gasteiger partial charge is 0.264 e. The van der Waals surface area contributed by atoms with Crippen LogP contribution in [0.25, 0.3) is 0 Å². The van der Waals surface area contributed by atoms with Crippen LogP contribution in [0.5, 0.6) is 0 Å². The first kappa shape index (κ1) is 16.4. The van der Waals surface area contributed by atoms with Gasteiger partial charge in [-0.3, -0.25) is 14.4 Å². The van der Waals surface area contributed by atoms with E-state index in [1.807, 2.05) is 4.72 Å². The Morgan fingerprint density at radius 3 is 2.09 bits per heavy atom. The molecule has 1 fully saturated rings. The zero-order chi connectivity index (χ0) is 16.5. The van der Waals surface area contributed by atoms with E-state index in [1.54, 1.807) is 26.0 Å². The predicted molar refractivity (Wildman–Crippen MR) is 78.4 cm³/mol. The van der Waals surface area contributed by atoms with Gasteiger partial charge in [0.15, 0.2) is 17.5 Å². The normalized spacial score (nSPS) is 22.5. The van der Waals surface area contributed by atoms with E-state index in [0.717, 1.165) is 5.56 Å². The average molecular weight is 323 g/mol. The minimum Gasteiger partial charge on any atom is -0.298 e. The summed E-state index contributed by atoms with van der Waals surface area (Å²) in [6.45, 7) is 3.54. The van der Waals surface area contributed by atoms with Gasteiger partial charge in [0.1, 0.15) is 0 Å². The van der Waals surface area contributed by atoms with Gasteiger partial charge in [0.2, 0.25) is 0 Å². The van der Waals surface area contributed by atoms with Crippen molar-refractivity contribution in [3.05, 3.63) is 29.8 Å². The molecular weight excluding hydrogens is 306 g/mol. The summed E-state index contributed by atoms with van der Waals surface area (Å²) in [5.41, 5.74) is 0.872. The Labute approximate surface area is 129 Å². The van der Waals surface area contributed by atoms with Crippen LogP contribution in [-0.2, 0) is 24.4 Å². The third-order valence-electron chi connectivity index (χ3n) is 3.57. The molecule has 1 aromatic rings. The Bertz CT molecular complexity index is 703. The molecule has 0 aromatic heterocycles. The van der Waals surface area contributed by atoms with Crippen LogP contribution >= 0.6 is 0 Å². The van der Waals surface area contributed by atoms with E-state index in [2.05, 4.69) is 0 Å². The largest absolute Gasteiger partial charge is 0.298 e. The molecule has 0 unspecified atom stereocenters. The lowest BCUT2D eigenvalue weighted by atomic mass is 9.80. The van der Waals surface area contributed by atoms with Crippen molar-refractivity contribution in [2.24, 2.45) is 11.8 Å². The first-order valence-electron chi connectivity index (χ1n) is 6.89. The fraction of sp³-hybridized carbons (Fsp3) is 0.400. The van der Waals surface area contributed by atoms with Gasteiger partial charge in [0, 0.05) is 12.8 Å². The lowest BCUT2D eigenvalue weighted by Crippen LogP contribution is -2.45. The summed E-state index contributed by atoms with van der Waals surface area (Å²) in [5, 5.41) is 0. The average Bonchev–Trinajstić information content (AvgIpc) is 2.37. The van der Waals surface area contributed by atoms with Gasteiger partial charge >= 0.3 is 0 Å². The van der Waals surface area contributed by atoms with Crippen LogP contribution in [0.4, 0.5) is 0 Å². The number of ketones is 2. The van der Waals surface area contributed by atoms with Crippen LogP contribution in [0.15, 0.2) is 29.2 Å². The third kappa shape index (κ3) is 3.41. The molecule has 0 aliphatic heterocycles. The lowest BCUT2D eigenvalue weighted by Gasteiger charge is -2.22. The first-order valence-corrected chi connectivity index (χ1v) is 8.38. The number of carbonyl (C=O) groups is 3. The van der Waals surface area contributed by atoms with Gasteiger partial charge < -0.3 is 0 Å². The van der Waals surface area contributed by atoms with E-state index >= 15 is 0 Å². The van der Waals surface area contributed by atoms with E-state index in [1.165, 1.54) is 12.1 Å². The summed E-state index contributed by atoms with van der Waals surface area (Å²) in [5.74, 6) is -3.75. The molecule has 0 atom stereocenters. The summed E-state index contributed by atoms with van der Waals surface area (Å²) in [6, 6.07) is 5.91. The van der Waals surface area contributed by atoms with Crippen LogP contribution in [-0.4, -0.2) is 25.9 Å². The Hall–Kier alpha value is -2.02. The van der Waals surface area contributed by atoms with Gasteiger partial charge in [-0.1, -0.05) is 24.6 Å². The summed E-state index contributed by atoms with van der Waals surface area (Å²) >= 11 is 0. The maximum absolute atomic E-state index is 12.1. The van der Waals surface area contributed by atoms with Crippen LogP contribution in [0.3, 0.4) is 0 Å². The molecular formula is C15H17NO5S. The van der Waals surface area contributed by atoms with Crippen molar-refractivity contribution in [2.75, 3.05) is 0 Å². The zero-order valence-corrected chi connectivity index (χ0v) is 13.1. The molecule has 1 aromatic carbocycles. The highest BCUT2D eigenvalue weighted by atomic mass is 32.2. The van der Waals surface area contributed by atoms with E-state index in [9.17, 15) is 22.8 Å². The van der Waals surface area contributed by atoms with Gasteiger partial charge in [-0.15, -0.1) is 0 Å². The highest BCUT2D eigenvalue weighted by molar-refractivity contribution is 7.90. The molecule has 1 aliphatic rings. The van der Waals surface area contributed by atoms with Crippen molar-refractivity contribution in [1.29, 1.82) is 0 Å². The van der Waals surface area contributed by atoms with Crippen molar-refractivity contribution < 1.29 is 22.8 Å². The van der Waals surface area contributed by atoms with E-state index < -0.39 is 33.4 Å². The number of nitrogens with one attached hydrogen (secondary N) is 1. The van der Waals surface area contributed by atoms with E-state index in [-0.39, 0.29) is 23.7 Å². The van der Waals surface area contributed by atoms with Gasteiger partial charge in [-0.2, -0.15) is 0 Å². The highest BCUT2D eigenvalue weighted by Crippen LogP contribution is 2.23. The quantitative estimate of drug-likeness (QED) is 0.836. The molecule has 1 amide bonds. The molecule has 0 radical (unpaired) electrons. The number of amides is 1. The Balaban J connectivity index is 2.19. The van der Waals surface area contributed by atoms with E-state index in [0.29, 0.717) is 0 Å².